The maximum atomic E-state index is 12.7. The molecule has 28 heavy (non-hydrogen) atoms. The van der Waals surface area contributed by atoms with Gasteiger partial charge in [-0.05, 0) is 12.0 Å². The molecule has 0 saturated carbocycles. The van der Waals surface area contributed by atoms with Crippen molar-refractivity contribution in [1.29, 1.82) is 0 Å². The van der Waals surface area contributed by atoms with E-state index < -0.39 is 0 Å². The fourth-order valence-corrected chi connectivity index (χ4v) is 3.12. The highest BCUT2D eigenvalue weighted by Gasteiger charge is 2.22. The fraction of sp³-hybridized carbons (Fsp3) is 0.409. The van der Waals surface area contributed by atoms with Crippen LogP contribution in [0, 0.1) is 0 Å². The minimum atomic E-state index is 0.0135. The number of aromatic nitrogens is 2. The second-order valence-electron chi connectivity index (χ2n) is 6.98. The van der Waals surface area contributed by atoms with E-state index in [9.17, 15) is 4.79 Å². The number of hydrogen-bond donors (Lipinski definition) is 1. The van der Waals surface area contributed by atoms with Crippen LogP contribution in [0.5, 0.6) is 0 Å². The van der Waals surface area contributed by atoms with Crippen molar-refractivity contribution in [2.75, 3.05) is 44.6 Å². The summed E-state index contributed by atoms with van der Waals surface area (Å²) in [6.07, 6.45) is 9.78. The van der Waals surface area contributed by atoms with Crippen molar-refractivity contribution in [3.63, 3.8) is 0 Å². The smallest absolute Gasteiger partial charge is 0.257 e. The first-order valence-electron chi connectivity index (χ1n) is 10.1. The molecule has 1 aliphatic rings. The van der Waals surface area contributed by atoms with Crippen LogP contribution in [-0.4, -0.2) is 64.9 Å². The van der Waals surface area contributed by atoms with Gasteiger partial charge in [0.1, 0.15) is 0 Å². The Hall–Kier alpha value is -2.73. The summed E-state index contributed by atoms with van der Waals surface area (Å²) in [6.45, 7) is 7.11. The van der Waals surface area contributed by atoms with Crippen molar-refractivity contribution in [3.05, 3.63) is 59.9 Å². The van der Waals surface area contributed by atoms with Gasteiger partial charge in [-0.15, -0.1) is 0 Å². The van der Waals surface area contributed by atoms with E-state index in [0.717, 1.165) is 52.1 Å². The molecule has 0 spiro atoms. The molecule has 148 valence electrons. The highest BCUT2D eigenvalue weighted by molar-refractivity contribution is 5.93. The van der Waals surface area contributed by atoms with Crippen LogP contribution in [0.15, 0.2) is 48.8 Å². The van der Waals surface area contributed by atoms with Gasteiger partial charge < -0.3 is 10.2 Å². The molecule has 1 aromatic carbocycles. The van der Waals surface area contributed by atoms with Crippen molar-refractivity contribution in [3.8, 4) is 0 Å². The number of rotatable bonds is 8. The summed E-state index contributed by atoms with van der Waals surface area (Å²) < 4.78 is 0. The Labute approximate surface area is 167 Å². The first kappa shape index (κ1) is 20.0. The van der Waals surface area contributed by atoms with Gasteiger partial charge in [-0.25, -0.2) is 9.97 Å². The van der Waals surface area contributed by atoms with Crippen LogP contribution in [0.2, 0.25) is 0 Å². The molecule has 6 nitrogen and oxygen atoms in total. The number of nitrogens with zero attached hydrogens (tertiary/aromatic N) is 4. The lowest BCUT2D eigenvalue weighted by Crippen LogP contribution is -2.48. The van der Waals surface area contributed by atoms with Gasteiger partial charge in [0.05, 0.1) is 5.56 Å². The topological polar surface area (TPSA) is 61.4 Å². The van der Waals surface area contributed by atoms with Crippen LogP contribution in [0.3, 0.4) is 0 Å². The van der Waals surface area contributed by atoms with E-state index in [-0.39, 0.29) is 5.91 Å². The molecule has 1 fully saturated rings. The van der Waals surface area contributed by atoms with Crippen LogP contribution in [0.4, 0.5) is 5.95 Å². The number of benzene rings is 1. The Morgan fingerprint density at radius 2 is 1.82 bits per heavy atom. The highest BCUT2D eigenvalue weighted by atomic mass is 16.2. The van der Waals surface area contributed by atoms with Gasteiger partial charge >= 0.3 is 0 Å². The van der Waals surface area contributed by atoms with E-state index in [0.29, 0.717) is 11.5 Å². The first-order chi connectivity index (χ1) is 13.8. The van der Waals surface area contributed by atoms with Crippen molar-refractivity contribution in [2.45, 2.75) is 19.8 Å². The molecule has 1 amide bonds. The maximum absolute atomic E-state index is 12.7. The lowest BCUT2D eigenvalue weighted by Gasteiger charge is -2.34. The number of hydrogen-bond acceptors (Lipinski definition) is 5. The summed E-state index contributed by atoms with van der Waals surface area (Å²) in [5.74, 6) is 0.597. The Kier molecular flexibility index (Phi) is 7.55. The van der Waals surface area contributed by atoms with Crippen molar-refractivity contribution in [1.82, 2.24) is 19.8 Å². The number of amides is 1. The van der Waals surface area contributed by atoms with Crippen LogP contribution in [0.1, 0.15) is 35.7 Å². The standard InChI is InChI=1S/C22H29N5O/c1-2-3-11-23-22-24-17-20(18-25-22)21(28)27-15-13-26(14-16-27)12-7-10-19-8-5-4-6-9-19/h4-10,17-18H,2-3,11-16H2,1H3,(H,23,24,25)/b10-7+. The van der Waals surface area contributed by atoms with Crippen molar-refractivity contribution < 1.29 is 4.79 Å². The number of carbonyl (C=O) groups excluding carboxylic acids is 1. The summed E-state index contributed by atoms with van der Waals surface area (Å²) in [7, 11) is 0. The number of piperazine rings is 1. The third kappa shape index (κ3) is 5.89. The molecule has 2 heterocycles. The van der Waals surface area contributed by atoms with E-state index in [4.69, 9.17) is 0 Å². The summed E-state index contributed by atoms with van der Waals surface area (Å²) >= 11 is 0. The van der Waals surface area contributed by atoms with Crippen LogP contribution in [0.25, 0.3) is 6.08 Å². The Morgan fingerprint density at radius 3 is 2.50 bits per heavy atom. The minimum Gasteiger partial charge on any atom is -0.354 e. The average Bonchev–Trinajstić information content (AvgIpc) is 2.75. The summed E-state index contributed by atoms with van der Waals surface area (Å²) in [4.78, 5) is 25.4. The highest BCUT2D eigenvalue weighted by Crippen LogP contribution is 2.09. The summed E-state index contributed by atoms with van der Waals surface area (Å²) in [6, 6.07) is 10.3. The zero-order valence-corrected chi connectivity index (χ0v) is 16.6. The maximum Gasteiger partial charge on any atom is 0.257 e. The predicted octanol–water partition coefficient (Wildman–Crippen LogP) is 3.16. The Morgan fingerprint density at radius 1 is 1.11 bits per heavy atom. The number of carbonyl (C=O) groups is 1. The van der Waals surface area contributed by atoms with Crippen LogP contribution < -0.4 is 5.32 Å². The zero-order chi connectivity index (χ0) is 19.6. The number of unbranched alkanes of at least 4 members (excludes halogenated alkanes) is 1. The normalized spacial score (nSPS) is 15.1. The van der Waals surface area contributed by atoms with E-state index in [1.165, 1.54) is 5.56 Å². The molecule has 0 radical (unpaired) electrons. The molecule has 0 atom stereocenters. The molecule has 0 bridgehead atoms. The number of nitrogens with one attached hydrogen (secondary N) is 1. The van der Waals surface area contributed by atoms with Gasteiger partial charge in [0.25, 0.3) is 5.91 Å². The predicted molar refractivity (Wildman–Crippen MR) is 113 cm³/mol. The molecule has 1 aromatic heterocycles. The lowest BCUT2D eigenvalue weighted by molar-refractivity contribution is 0.0649. The van der Waals surface area contributed by atoms with Crippen molar-refractivity contribution in [2.24, 2.45) is 0 Å². The molecule has 1 saturated heterocycles. The molecular formula is C22H29N5O. The SMILES string of the molecule is CCCCNc1ncc(C(=O)N2CCN(C/C=C/c3ccccc3)CC2)cn1. The third-order valence-corrected chi connectivity index (χ3v) is 4.85. The average molecular weight is 380 g/mol. The molecular weight excluding hydrogens is 350 g/mol. The molecule has 1 aliphatic heterocycles. The van der Waals surface area contributed by atoms with Gasteiger partial charge in [0.2, 0.25) is 5.95 Å². The molecule has 1 N–H and O–H groups in total. The van der Waals surface area contributed by atoms with Crippen LogP contribution >= 0.6 is 0 Å². The van der Waals surface area contributed by atoms with Gasteiger partial charge in [0, 0.05) is 51.7 Å². The first-order valence-corrected chi connectivity index (χ1v) is 10.1. The molecule has 0 aliphatic carbocycles. The van der Waals surface area contributed by atoms with E-state index in [2.05, 4.69) is 51.4 Å². The quantitative estimate of drug-likeness (QED) is 0.714. The second kappa shape index (κ2) is 10.6. The van der Waals surface area contributed by atoms with Gasteiger partial charge in [-0.2, -0.15) is 0 Å². The summed E-state index contributed by atoms with van der Waals surface area (Å²) in [5, 5.41) is 3.17. The molecule has 6 heteroatoms. The fourth-order valence-electron chi connectivity index (χ4n) is 3.12. The minimum absolute atomic E-state index is 0.0135. The monoisotopic (exact) mass is 379 g/mol. The van der Waals surface area contributed by atoms with Gasteiger partial charge in [-0.3, -0.25) is 9.69 Å². The molecule has 2 aromatic rings. The van der Waals surface area contributed by atoms with E-state index in [1.807, 2.05) is 23.1 Å². The molecule has 3 rings (SSSR count). The number of anilines is 1. The van der Waals surface area contributed by atoms with Gasteiger partial charge in [-0.1, -0.05) is 55.8 Å². The molecule has 0 unspecified atom stereocenters. The Balaban J connectivity index is 1.44. The third-order valence-electron chi connectivity index (χ3n) is 4.85. The Bertz CT molecular complexity index is 752. The zero-order valence-electron chi connectivity index (χ0n) is 16.6. The lowest BCUT2D eigenvalue weighted by atomic mass is 10.2. The van der Waals surface area contributed by atoms with Crippen LogP contribution in [-0.2, 0) is 0 Å². The second-order valence-corrected chi connectivity index (χ2v) is 6.98. The van der Waals surface area contributed by atoms with E-state index >= 15 is 0 Å². The van der Waals surface area contributed by atoms with Crippen molar-refractivity contribution >= 4 is 17.9 Å². The van der Waals surface area contributed by atoms with Gasteiger partial charge in [0.15, 0.2) is 0 Å². The van der Waals surface area contributed by atoms with E-state index in [1.54, 1.807) is 12.4 Å². The summed E-state index contributed by atoms with van der Waals surface area (Å²) in [5.41, 5.74) is 1.77. The largest absolute Gasteiger partial charge is 0.354 e.